The summed E-state index contributed by atoms with van der Waals surface area (Å²) in [5.74, 6) is 1.18. The van der Waals surface area contributed by atoms with E-state index in [1.807, 2.05) is 6.07 Å². The molecule has 2 N–H and O–H groups in total. The minimum Gasteiger partial charge on any atom is -0.396 e. The molecular weight excluding hydrogens is 357 g/mol. The first-order valence-corrected chi connectivity index (χ1v) is 12.7. The summed E-state index contributed by atoms with van der Waals surface area (Å²) in [7, 11) is 0. The Labute approximate surface area is 179 Å². The third kappa shape index (κ3) is 6.72. The van der Waals surface area contributed by atoms with E-state index in [2.05, 4.69) is 6.92 Å². The second kappa shape index (κ2) is 11.4. The Hall–Kier alpha value is -1.05. The summed E-state index contributed by atoms with van der Waals surface area (Å²) in [6.45, 7) is 2.33. The van der Waals surface area contributed by atoms with Gasteiger partial charge in [-0.25, -0.2) is 4.39 Å². The summed E-state index contributed by atoms with van der Waals surface area (Å²) in [5, 5.41) is 0. The number of unbranched alkanes of at least 4 members (excludes halogenated alkanes) is 3. The molecule has 2 heteroatoms. The third-order valence-electron chi connectivity index (χ3n) is 8.14. The van der Waals surface area contributed by atoms with E-state index < -0.39 is 0 Å². The highest BCUT2D eigenvalue weighted by molar-refractivity contribution is 5.42. The van der Waals surface area contributed by atoms with Crippen LogP contribution in [0.4, 0.5) is 10.1 Å². The predicted octanol–water partition coefficient (Wildman–Crippen LogP) is 8.77. The van der Waals surface area contributed by atoms with Gasteiger partial charge in [-0.15, -0.1) is 0 Å². The maximum atomic E-state index is 13.8. The number of benzene rings is 1. The Morgan fingerprint density at radius 2 is 1.62 bits per heavy atom. The normalized spacial score (nSPS) is 24.5. The van der Waals surface area contributed by atoms with Gasteiger partial charge in [0.05, 0.1) is 5.69 Å². The lowest BCUT2D eigenvalue weighted by Crippen LogP contribution is -2.24. The lowest BCUT2D eigenvalue weighted by molar-refractivity contribution is 0.145. The van der Waals surface area contributed by atoms with Crippen molar-refractivity contribution in [1.82, 2.24) is 0 Å². The first-order valence-electron chi connectivity index (χ1n) is 12.7. The van der Waals surface area contributed by atoms with E-state index in [0.29, 0.717) is 11.3 Å². The second-order valence-electron chi connectivity index (χ2n) is 10.3. The summed E-state index contributed by atoms with van der Waals surface area (Å²) in [5.41, 5.74) is 7.75. The Bertz CT molecular complexity index is 597. The van der Waals surface area contributed by atoms with Crippen LogP contribution in [0, 0.1) is 17.2 Å². The molecule has 0 aliphatic heterocycles. The molecule has 29 heavy (non-hydrogen) atoms. The average molecular weight is 402 g/mol. The van der Waals surface area contributed by atoms with Crippen LogP contribution in [0.15, 0.2) is 18.2 Å². The standard InChI is InChI=1S/C27H44FN/c1-2-3-6-17-27(18-7-4-8-19-27)20-9-5-10-22-11-13-23(14-12-22)24-15-16-26(29)25(28)21-24/h15-16,21-23H,2-14,17-20,29H2,1H3. The zero-order valence-electron chi connectivity index (χ0n) is 18.9. The molecule has 1 aromatic carbocycles. The van der Waals surface area contributed by atoms with Crippen molar-refractivity contribution in [2.24, 2.45) is 11.3 Å². The van der Waals surface area contributed by atoms with Crippen molar-refractivity contribution >= 4 is 5.69 Å². The van der Waals surface area contributed by atoms with Gasteiger partial charge in [0, 0.05) is 0 Å². The van der Waals surface area contributed by atoms with Crippen LogP contribution in [-0.2, 0) is 0 Å². The SMILES string of the molecule is CCCCCC1(CCCCC2CCC(c3ccc(N)c(F)c3)CC2)CCCCC1. The smallest absolute Gasteiger partial charge is 0.146 e. The van der Waals surface area contributed by atoms with Crippen LogP contribution in [-0.4, -0.2) is 0 Å². The minimum atomic E-state index is -0.250. The maximum Gasteiger partial charge on any atom is 0.146 e. The van der Waals surface area contributed by atoms with Gasteiger partial charge in [-0.2, -0.15) is 0 Å². The fraction of sp³-hybridized carbons (Fsp3) is 0.778. The molecular formula is C27H44FN. The highest BCUT2D eigenvalue weighted by Gasteiger charge is 2.31. The predicted molar refractivity (Wildman–Crippen MR) is 124 cm³/mol. The van der Waals surface area contributed by atoms with Gasteiger partial charge < -0.3 is 5.73 Å². The molecule has 0 heterocycles. The number of hydrogen-bond acceptors (Lipinski definition) is 1. The molecule has 3 rings (SSSR count). The van der Waals surface area contributed by atoms with E-state index in [9.17, 15) is 4.39 Å². The molecule has 0 saturated heterocycles. The van der Waals surface area contributed by atoms with Gasteiger partial charge in [0.1, 0.15) is 5.82 Å². The van der Waals surface area contributed by atoms with Crippen LogP contribution in [0.3, 0.4) is 0 Å². The topological polar surface area (TPSA) is 26.0 Å². The van der Waals surface area contributed by atoms with Crippen molar-refractivity contribution in [2.45, 2.75) is 122 Å². The minimum absolute atomic E-state index is 0.250. The molecule has 2 aliphatic rings. The van der Waals surface area contributed by atoms with Crippen LogP contribution in [0.1, 0.15) is 128 Å². The molecule has 2 fully saturated rings. The third-order valence-corrected chi connectivity index (χ3v) is 8.14. The molecule has 2 aliphatic carbocycles. The lowest BCUT2D eigenvalue weighted by atomic mass is 9.68. The van der Waals surface area contributed by atoms with Crippen LogP contribution in [0.5, 0.6) is 0 Å². The quantitative estimate of drug-likeness (QED) is 0.308. The van der Waals surface area contributed by atoms with Crippen molar-refractivity contribution in [2.75, 3.05) is 5.73 Å². The molecule has 1 nitrogen and oxygen atoms in total. The van der Waals surface area contributed by atoms with E-state index in [1.165, 1.54) is 109 Å². The summed E-state index contributed by atoms with van der Waals surface area (Å²) in [6, 6.07) is 5.44. The zero-order valence-corrected chi connectivity index (χ0v) is 18.9. The number of nitrogen functional groups attached to an aromatic ring is 1. The molecule has 2 saturated carbocycles. The Balaban J connectivity index is 1.37. The Kier molecular flexibility index (Phi) is 8.87. The summed E-state index contributed by atoms with van der Waals surface area (Å²) in [4.78, 5) is 0. The largest absolute Gasteiger partial charge is 0.396 e. The monoisotopic (exact) mass is 401 g/mol. The van der Waals surface area contributed by atoms with Crippen molar-refractivity contribution < 1.29 is 4.39 Å². The first kappa shape index (κ1) is 22.6. The Morgan fingerprint density at radius 3 is 2.28 bits per heavy atom. The number of anilines is 1. The van der Waals surface area contributed by atoms with Gasteiger partial charge >= 0.3 is 0 Å². The number of hydrogen-bond donors (Lipinski definition) is 1. The second-order valence-corrected chi connectivity index (χ2v) is 10.3. The van der Waals surface area contributed by atoms with E-state index in [0.717, 1.165) is 11.5 Å². The lowest BCUT2D eigenvalue weighted by Gasteiger charge is -2.38. The van der Waals surface area contributed by atoms with Crippen molar-refractivity contribution in [3.8, 4) is 0 Å². The highest BCUT2D eigenvalue weighted by atomic mass is 19.1. The molecule has 0 amide bonds. The molecule has 164 valence electrons. The molecule has 0 bridgehead atoms. The molecule has 0 atom stereocenters. The summed E-state index contributed by atoms with van der Waals surface area (Å²) in [6.07, 6.45) is 23.9. The molecule has 0 radical (unpaired) electrons. The van der Waals surface area contributed by atoms with Crippen LogP contribution in [0.25, 0.3) is 0 Å². The van der Waals surface area contributed by atoms with Gasteiger partial charge in [0.25, 0.3) is 0 Å². The summed E-state index contributed by atoms with van der Waals surface area (Å²) < 4.78 is 13.8. The average Bonchev–Trinajstić information content (AvgIpc) is 2.75. The van der Waals surface area contributed by atoms with Gasteiger partial charge in [0.2, 0.25) is 0 Å². The molecule has 0 spiro atoms. The van der Waals surface area contributed by atoms with Gasteiger partial charge in [-0.3, -0.25) is 0 Å². The van der Waals surface area contributed by atoms with Gasteiger partial charge in [0.15, 0.2) is 0 Å². The van der Waals surface area contributed by atoms with E-state index in [4.69, 9.17) is 5.73 Å². The highest BCUT2D eigenvalue weighted by Crippen LogP contribution is 2.45. The van der Waals surface area contributed by atoms with Crippen molar-refractivity contribution in [3.63, 3.8) is 0 Å². The van der Waals surface area contributed by atoms with E-state index >= 15 is 0 Å². The molecule has 1 aromatic rings. The first-order chi connectivity index (χ1) is 14.1. The van der Waals surface area contributed by atoms with Crippen LogP contribution < -0.4 is 5.73 Å². The summed E-state index contributed by atoms with van der Waals surface area (Å²) >= 11 is 0. The fourth-order valence-corrected chi connectivity index (χ4v) is 6.19. The number of rotatable bonds is 10. The number of nitrogens with two attached hydrogens (primary N) is 1. The van der Waals surface area contributed by atoms with Crippen molar-refractivity contribution in [3.05, 3.63) is 29.6 Å². The Morgan fingerprint density at radius 1 is 0.931 bits per heavy atom. The maximum absolute atomic E-state index is 13.8. The van der Waals surface area contributed by atoms with Gasteiger partial charge in [-0.05, 0) is 86.3 Å². The molecule has 0 unspecified atom stereocenters. The van der Waals surface area contributed by atoms with Crippen LogP contribution in [0.2, 0.25) is 0 Å². The van der Waals surface area contributed by atoms with E-state index in [-0.39, 0.29) is 11.5 Å². The van der Waals surface area contributed by atoms with Crippen molar-refractivity contribution in [1.29, 1.82) is 0 Å². The van der Waals surface area contributed by atoms with Gasteiger partial charge in [-0.1, -0.05) is 70.8 Å². The van der Waals surface area contributed by atoms with Crippen LogP contribution >= 0.6 is 0 Å². The van der Waals surface area contributed by atoms with E-state index in [1.54, 1.807) is 12.1 Å². The fourth-order valence-electron chi connectivity index (χ4n) is 6.19. The number of halogens is 1. The molecule has 0 aromatic heterocycles. The zero-order chi connectivity index (χ0) is 20.5.